The van der Waals surface area contributed by atoms with E-state index in [-0.39, 0.29) is 5.91 Å². The Kier molecular flexibility index (Phi) is 3.69. The van der Waals surface area contributed by atoms with Crippen molar-refractivity contribution >= 4 is 5.91 Å². The number of hydrogen-bond acceptors (Lipinski definition) is 3. The van der Waals surface area contributed by atoms with Crippen LogP contribution in [-0.2, 0) is 20.1 Å². The van der Waals surface area contributed by atoms with Crippen molar-refractivity contribution in [3.63, 3.8) is 0 Å². The predicted molar refractivity (Wildman–Crippen MR) is 71.8 cm³/mol. The summed E-state index contributed by atoms with van der Waals surface area (Å²) < 4.78 is 3.56. The summed E-state index contributed by atoms with van der Waals surface area (Å²) in [5, 5.41) is 11.3. The zero-order chi connectivity index (χ0) is 14.0. The monoisotopic (exact) mass is 261 g/mol. The van der Waals surface area contributed by atoms with Crippen molar-refractivity contribution in [3.05, 3.63) is 34.9 Å². The smallest absolute Gasteiger partial charge is 0.255 e. The Morgan fingerprint density at radius 3 is 2.68 bits per heavy atom. The molecule has 2 aromatic heterocycles. The lowest BCUT2D eigenvalue weighted by Crippen LogP contribution is -2.23. The molecule has 0 fully saturated rings. The van der Waals surface area contributed by atoms with Gasteiger partial charge in [-0.2, -0.15) is 10.2 Å². The van der Waals surface area contributed by atoms with Crippen LogP contribution in [0.3, 0.4) is 0 Å². The molecule has 2 rings (SSSR count). The molecule has 0 aliphatic heterocycles. The van der Waals surface area contributed by atoms with E-state index >= 15 is 0 Å². The number of nitrogens with zero attached hydrogens (tertiary/aromatic N) is 4. The van der Waals surface area contributed by atoms with Gasteiger partial charge in [0.25, 0.3) is 5.91 Å². The van der Waals surface area contributed by atoms with E-state index in [0.717, 1.165) is 23.5 Å². The number of hydrogen-bond donors (Lipinski definition) is 1. The van der Waals surface area contributed by atoms with Crippen molar-refractivity contribution in [2.75, 3.05) is 0 Å². The van der Waals surface area contributed by atoms with Gasteiger partial charge in [-0.3, -0.25) is 14.2 Å². The maximum atomic E-state index is 12.1. The predicted octanol–water partition coefficient (Wildman–Crippen LogP) is 1.18. The average Bonchev–Trinajstić information content (AvgIpc) is 2.92. The first kappa shape index (κ1) is 13.3. The van der Waals surface area contributed by atoms with Crippen molar-refractivity contribution in [1.82, 2.24) is 24.9 Å². The summed E-state index contributed by atoms with van der Waals surface area (Å²) in [4.78, 5) is 12.1. The van der Waals surface area contributed by atoms with Crippen LogP contribution < -0.4 is 5.32 Å². The van der Waals surface area contributed by atoms with Gasteiger partial charge in [0.05, 0.1) is 17.5 Å². The molecule has 0 aliphatic carbocycles. The molecule has 0 saturated heterocycles. The van der Waals surface area contributed by atoms with E-state index in [1.807, 2.05) is 27.8 Å². The van der Waals surface area contributed by atoms with E-state index < -0.39 is 0 Å². The summed E-state index contributed by atoms with van der Waals surface area (Å²) in [6, 6.07) is 0. The minimum Gasteiger partial charge on any atom is -0.348 e. The third-order valence-corrected chi connectivity index (χ3v) is 3.29. The van der Waals surface area contributed by atoms with E-state index in [0.29, 0.717) is 12.1 Å². The minimum absolute atomic E-state index is 0.0968. The lowest BCUT2D eigenvalue weighted by Gasteiger charge is -2.04. The molecular weight excluding hydrogens is 242 g/mol. The van der Waals surface area contributed by atoms with Crippen LogP contribution in [0.1, 0.15) is 34.2 Å². The number of nitrogens with one attached hydrogen (secondary N) is 1. The Bertz CT molecular complexity index is 596. The Morgan fingerprint density at radius 1 is 1.42 bits per heavy atom. The second-order valence-electron chi connectivity index (χ2n) is 4.55. The number of aromatic nitrogens is 4. The zero-order valence-electron chi connectivity index (χ0n) is 11.8. The molecular formula is C13H19N5O. The molecule has 0 aliphatic rings. The van der Waals surface area contributed by atoms with Crippen LogP contribution in [-0.4, -0.2) is 25.5 Å². The van der Waals surface area contributed by atoms with Crippen molar-refractivity contribution in [2.45, 2.75) is 33.9 Å². The number of carbonyl (C=O) groups excluding carboxylic acids is 1. The molecule has 0 unspecified atom stereocenters. The molecule has 6 nitrogen and oxygen atoms in total. The molecule has 0 saturated carbocycles. The Labute approximate surface area is 112 Å². The highest BCUT2D eigenvalue weighted by Gasteiger charge is 2.13. The standard InChI is InChI=1S/C13H19N5O/c1-5-18-8-12(9(2)16-18)13(19)14-6-11-7-15-17(4)10(11)3/h7-8H,5-6H2,1-4H3,(H,14,19). The van der Waals surface area contributed by atoms with E-state index in [1.54, 1.807) is 21.8 Å². The quantitative estimate of drug-likeness (QED) is 0.899. The van der Waals surface area contributed by atoms with Gasteiger partial charge in [-0.05, 0) is 20.8 Å². The third-order valence-electron chi connectivity index (χ3n) is 3.29. The van der Waals surface area contributed by atoms with Crippen LogP contribution in [0.2, 0.25) is 0 Å². The van der Waals surface area contributed by atoms with Gasteiger partial charge in [0.15, 0.2) is 0 Å². The molecule has 0 radical (unpaired) electrons. The Hall–Kier alpha value is -2.11. The van der Waals surface area contributed by atoms with Crippen molar-refractivity contribution < 1.29 is 4.79 Å². The van der Waals surface area contributed by atoms with Crippen LogP contribution in [0.15, 0.2) is 12.4 Å². The molecule has 0 atom stereocenters. The van der Waals surface area contributed by atoms with Gasteiger partial charge >= 0.3 is 0 Å². The first-order chi connectivity index (χ1) is 9.02. The maximum absolute atomic E-state index is 12.1. The van der Waals surface area contributed by atoms with Crippen LogP contribution in [0, 0.1) is 13.8 Å². The normalized spacial score (nSPS) is 10.7. The first-order valence-electron chi connectivity index (χ1n) is 6.32. The first-order valence-corrected chi connectivity index (χ1v) is 6.32. The zero-order valence-corrected chi connectivity index (χ0v) is 11.8. The number of rotatable bonds is 4. The summed E-state index contributed by atoms with van der Waals surface area (Å²) >= 11 is 0. The summed E-state index contributed by atoms with van der Waals surface area (Å²) in [6.45, 7) is 7.06. The molecule has 2 aromatic rings. The summed E-state index contributed by atoms with van der Waals surface area (Å²) in [6.07, 6.45) is 3.55. The largest absolute Gasteiger partial charge is 0.348 e. The van der Waals surface area contributed by atoms with Crippen LogP contribution in [0.5, 0.6) is 0 Å². The fraction of sp³-hybridized carbons (Fsp3) is 0.462. The summed E-state index contributed by atoms with van der Waals surface area (Å²) in [5.74, 6) is -0.0968. The fourth-order valence-corrected chi connectivity index (χ4v) is 1.89. The van der Waals surface area contributed by atoms with Crippen molar-refractivity contribution in [2.24, 2.45) is 7.05 Å². The molecule has 19 heavy (non-hydrogen) atoms. The van der Waals surface area contributed by atoms with Crippen LogP contribution in [0.25, 0.3) is 0 Å². The molecule has 0 aromatic carbocycles. The molecule has 102 valence electrons. The van der Waals surface area contributed by atoms with Crippen LogP contribution in [0.4, 0.5) is 0 Å². The van der Waals surface area contributed by atoms with E-state index in [4.69, 9.17) is 0 Å². The van der Waals surface area contributed by atoms with E-state index in [2.05, 4.69) is 15.5 Å². The molecule has 2 heterocycles. The van der Waals surface area contributed by atoms with Crippen LogP contribution >= 0.6 is 0 Å². The maximum Gasteiger partial charge on any atom is 0.255 e. The second kappa shape index (κ2) is 5.26. The molecule has 1 amide bonds. The molecule has 1 N–H and O–H groups in total. The van der Waals surface area contributed by atoms with Gasteiger partial charge in [-0.15, -0.1) is 0 Å². The number of carbonyl (C=O) groups is 1. The van der Waals surface area contributed by atoms with Crippen molar-refractivity contribution in [3.8, 4) is 0 Å². The average molecular weight is 261 g/mol. The van der Waals surface area contributed by atoms with Gasteiger partial charge in [-0.25, -0.2) is 0 Å². The van der Waals surface area contributed by atoms with Crippen molar-refractivity contribution in [1.29, 1.82) is 0 Å². The number of amides is 1. The van der Waals surface area contributed by atoms with Gasteiger partial charge < -0.3 is 5.32 Å². The Morgan fingerprint density at radius 2 is 2.16 bits per heavy atom. The van der Waals surface area contributed by atoms with Gasteiger partial charge in [-0.1, -0.05) is 0 Å². The summed E-state index contributed by atoms with van der Waals surface area (Å²) in [5.41, 5.74) is 3.46. The van der Waals surface area contributed by atoms with Gasteiger partial charge in [0.1, 0.15) is 0 Å². The Balaban J connectivity index is 2.05. The van der Waals surface area contributed by atoms with Gasteiger partial charge in [0.2, 0.25) is 0 Å². The van der Waals surface area contributed by atoms with E-state index in [9.17, 15) is 4.79 Å². The highest BCUT2D eigenvalue weighted by molar-refractivity contribution is 5.94. The minimum atomic E-state index is -0.0968. The molecule has 0 spiro atoms. The highest BCUT2D eigenvalue weighted by Crippen LogP contribution is 2.08. The van der Waals surface area contributed by atoms with E-state index in [1.165, 1.54) is 0 Å². The molecule has 6 heteroatoms. The fourth-order valence-electron chi connectivity index (χ4n) is 1.89. The lowest BCUT2D eigenvalue weighted by molar-refractivity contribution is 0.0950. The highest BCUT2D eigenvalue weighted by atomic mass is 16.1. The number of aryl methyl sites for hydroxylation is 3. The topological polar surface area (TPSA) is 64.7 Å². The third kappa shape index (κ3) is 2.67. The molecule has 0 bridgehead atoms. The summed E-state index contributed by atoms with van der Waals surface area (Å²) in [7, 11) is 1.89. The lowest BCUT2D eigenvalue weighted by atomic mass is 10.2. The second-order valence-corrected chi connectivity index (χ2v) is 4.55. The SMILES string of the molecule is CCn1cc(C(=O)NCc2cnn(C)c2C)c(C)n1. The van der Waals surface area contributed by atoms with Gasteiger partial charge in [0, 0.05) is 37.6 Å².